The fourth-order valence-corrected chi connectivity index (χ4v) is 5.68. The summed E-state index contributed by atoms with van der Waals surface area (Å²) in [6.45, 7) is 1.07. The Balaban J connectivity index is 1.55. The van der Waals surface area contributed by atoms with E-state index in [1.807, 2.05) is 6.07 Å². The van der Waals surface area contributed by atoms with Crippen molar-refractivity contribution < 1.29 is 9.66 Å². The van der Waals surface area contributed by atoms with E-state index >= 15 is 0 Å². The zero-order valence-corrected chi connectivity index (χ0v) is 15.2. The molecule has 6 nitrogen and oxygen atoms in total. The van der Waals surface area contributed by atoms with Crippen molar-refractivity contribution in [3.63, 3.8) is 0 Å². The second kappa shape index (κ2) is 6.30. The summed E-state index contributed by atoms with van der Waals surface area (Å²) in [5.74, 6) is 1.39. The second-order valence-electron chi connectivity index (χ2n) is 8.03. The molecule has 3 aliphatic rings. The normalized spacial score (nSPS) is 28.7. The van der Waals surface area contributed by atoms with Crippen molar-refractivity contribution in [1.82, 2.24) is 10.3 Å². The molecule has 2 aliphatic carbocycles. The Hall–Kier alpha value is -2.47. The van der Waals surface area contributed by atoms with E-state index in [-0.39, 0.29) is 17.0 Å². The molecule has 140 valence electrons. The van der Waals surface area contributed by atoms with Crippen molar-refractivity contribution in [1.29, 1.82) is 0 Å². The summed E-state index contributed by atoms with van der Waals surface area (Å²) in [6, 6.07) is 9.76. The van der Waals surface area contributed by atoms with Gasteiger partial charge in [0.25, 0.3) is 5.88 Å². The van der Waals surface area contributed by atoms with Crippen LogP contribution in [0.2, 0.25) is 0 Å². The lowest BCUT2D eigenvalue weighted by Gasteiger charge is -2.56. The first-order chi connectivity index (χ1) is 13.2. The first-order valence-electron chi connectivity index (χ1n) is 9.81. The number of nitrogens with zero attached hydrogens (tertiary/aromatic N) is 2. The van der Waals surface area contributed by atoms with Gasteiger partial charge < -0.3 is 10.1 Å². The standard InChI is InChI=1S/C21H23N3O3/c25-24(26)19-5-3-10-23-20(19)27-15-7-6-14-12-18-16-4-1-2-8-21(16,9-11-22-18)17(14)13-15/h3,5-7,10,13,16,18,22H,1-2,4,8-9,11-12H2/t16-,18+,21+/m0/s1. The fraction of sp³-hybridized carbons (Fsp3) is 0.476. The highest BCUT2D eigenvalue weighted by atomic mass is 16.6. The number of hydrogen-bond acceptors (Lipinski definition) is 5. The van der Waals surface area contributed by atoms with E-state index in [1.165, 1.54) is 49.1 Å². The van der Waals surface area contributed by atoms with Crippen LogP contribution in [-0.2, 0) is 11.8 Å². The number of aromatic nitrogens is 1. The second-order valence-corrected chi connectivity index (χ2v) is 8.03. The molecule has 0 amide bonds. The lowest BCUT2D eigenvalue weighted by Crippen LogP contribution is -2.59. The van der Waals surface area contributed by atoms with Crippen LogP contribution in [0.1, 0.15) is 43.2 Å². The van der Waals surface area contributed by atoms with Gasteiger partial charge in [-0.2, -0.15) is 0 Å². The summed E-state index contributed by atoms with van der Waals surface area (Å²) in [6.07, 6.45) is 8.85. The van der Waals surface area contributed by atoms with Crippen molar-refractivity contribution in [2.75, 3.05) is 6.54 Å². The topological polar surface area (TPSA) is 77.3 Å². The van der Waals surface area contributed by atoms with Crippen LogP contribution in [0.25, 0.3) is 0 Å². The van der Waals surface area contributed by atoms with Gasteiger partial charge in [0.2, 0.25) is 0 Å². The van der Waals surface area contributed by atoms with Crippen LogP contribution in [0.3, 0.4) is 0 Å². The molecular formula is C21H23N3O3. The summed E-state index contributed by atoms with van der Waals surface area (Å²) >= 11 is 0. The fourth-order valence-electron chi connectivity index (χ4n) is 5.68. The molecule has 1 N–H and O–H groups in total. The van der Waals surface area contributed by atoms with Gasteiger partial charge in [-0.05, 0) is 67.5 Å². The number of pyridine rings is 1. The molecule has 2 heterocycles. The van der Waals surface area contributed by atoms with Crippen molar-refractivity contribution in [2.24, 2.45) is 5.92 Å². The number of fused-ring (bicyclic) bond motifs is 1. The summed E-state index contributed by atoms with van der Waals surface area (Å²) < 4.78 is 5.88. The SMILES string of the molecule is O=[N+]([O-])c1cccnc1Oc1ccc2c(c1)[C@@]13CCCC[C@H]1[C@@H](C2)NCC3. The lowest BCUT2D eigenvalue weighted by atomic mass is 9.53. The van der Waals surface area contributed by atoms with E-state index < -0.39 is 4.92 Å². The van der Waals surface area contributed by atoms with E-state index in [2.05, 4.69) is 22.4 Å². The summed E-state index contributed by atoms with van der Waals surface area (Å²) in [4.78, 5) is 14.9. The number of benzene rings is 1. The highest BCUT2D eigenvalue weighted by Crippen LogP contribution is 2.54. The van der Waals surface area contributed by atoms with Crippen molar-refractivity contribution in [3.8, 4) is 11.6 Å². The van der Waals surface area contributed by atoms with Gasteiger partial charge in [0.1, 0.15) is 5.75 Å². The summed E-state index contributed by atoms with van der Waals surface area (Å²) in [5, 5.41) is 15.0. The van der Waals surface area contributed by atoms with E-state index in [1.54, 1.807) is 6.07 Å². The number of nitrogens with one attached hydrogen (secondary N) is 1. The van der Waals surface area contributed by atoms with Crippen LogP contribution in [0.15, 0.2) is 36.5 Å². The molecular weight excluding hydrogens is 342 g/mol. The van der Waals surface area contributed by atoms with Gasteiger partial charge in [-0.15, -0.1) is 0 Å². The highest BCUT2D eigenvalue weighted by molar-refractivity contribution is 5.48. The van der Waals surface area contributed by atoms with Crippen LogP contribution in [-0.4, -0.2) is 22.5 Å². The molecule has 0 radical (unpaired) electrons. The maximum absolute atomic E-state index is 11.3. The first kappa shape index (κ1) is 16.7. The average molecular weight is 365 g/mol. The molecule has 0 unspecified atom stereocenters. The zero-order valence-electron chi connectivity index (χ0n) is 15.2. The Morgan fingerprint density at radius 3 is 3.07 bits per heavy atom. The number of hydrogen-bond donors (Lipinski definition) is 1. The van der Waals surface area contributed by atoms with Gasteiger partial charge in [-0.25, -0.2) is 4.98 Å². The molecule has 5 rings (SSSR count). The molecule has 1 saturated carbocycles. The summed E-state index contributed by atoms with van der Waals surface area (Å²) in [7, 11) is 0. The molecule has 1 aliphatic heterocycles. The summed E-state index contributed by atoms with van der Waals surface area (Å²) in [5.41, 5.74) is 2.93. The van der Waals surface area contributed by atoms with E-state index in [9.17, 15) is 10.1 Å². The molecule has 27 heavy (non-hydrogen) atoms. The van der Waals surface area contributed by atoms with Crippen molar-refractivity contribution >= 4 is 5.69 Å². The van der Waals surface area contributed by atoms with Crippen LogP contribution in [0, 0.1) is 16.0 Å². The predicted molar refractivity (Wildman–Crippen MR) is 101 cm³/mol. The maximum Gasteiger partial charge on any atom is 0.331 e. The molecule has 1 aromatic heterocycles. The Bertz CT molecular complexity index is 896. The molecule has 2 aromatic rings. The van der Waals surface area contributed by atoms with Gasteiger partial charge in [-0.3, -0.25) is 10.1 Å². The largest absolute Gasteiger partial charge is 0.434 e. The molecule has 0 spiro atoms. The quantitative estimate of drug-likeness (QED) is 0.654. The zero-order chi connectivity index (χ0) is 18.4. The molecule has 1 saturated heterocycles. The number of piperidine rings is 1. The third-order valence-electron chi connectivity index (χ3n) is 6.78. The van der Waals surface area contributed by atoms with Crippen LogP contribution >= 0.6 is 0 Å². The molecule has 2 bridgehead atoms. The number of rotatable bonds is 3. The Morgan fingerprint density at radius 2 is 2.19 bits per heavy atom. The average Bonchev–Trinajstić information content (AvgIpc) is 2.69. The predicted octanol–water partition coefficient (Wildman–Crippen LogP) is 4.13. The lowest BCUT2D eigenvalue weighted by molar-refractivity contribution is -0.386. The van der Waals surface area contributed by atoms with Crippen molar-refractivity contribution in [2.45, 2.75) is 50.0 Å². The minimum atomic E-state index is -0.450. The maximum atomic E-state index is 11.3. The van der Waals surface area contributed by atoms with Gasteiger partial charge in [0.15, 0.2) is 0 Å². The Morgan fingerprint density at radius 1 is 1.26 bits per heavy atom. The molecule has 3 atom stereocenters. The van der Waals surface area contributed by atoms with Gasteiger partial charge in [0, 0.05) is 23.7 Å². The molecule has 1 aromatic carbocycles. The van der Waals surface area contributed by atoms with Gasteiger partial charge in [-0.1, -0.05) is 18.9 Å². The van der Waals surface area contributed by atoms with Gasteiger partial charge in [0.05, 0.1) is 4.92 Å². The van der Waals surface area contributed by atoms with Crippen LogP contribution in [0.5, 0.6) is 11.6 Å². The van der Waals surface area contributed by atoms with E-state index in [0.29, 0.717) is 17.7 Å². The van der Waals surface area contributed by atoms with Gasteiger partial charge >= 0.3 is 5.69 Å². The highest BCUT2D eigenvalue weighted by Gasteiger charge is 2.51. The smallest absolute Gasteiger partial charge is 0.331 e. The molecule has 6 heteroatoms. The Labute approximate surface area is 158 Å². The third-order valence-corrected chi connectivity index (χ3v) is 6.78. The minimum Gasteiger partial charge on any atom is -0.434 e. The Kier molecular flexibility index (Phi) is 3.90. The van der Waals surface area contributed by atoms with Crippen LogP contribution in [0.4, 0.5) is 5.69 Å². The number of nitro groups is 1. The molecule has 2 fully saturated rings. The van der Waals surface area contributed by atoms with E-state index in [0.717, 1.165) is 19.4 Å². The number of ether oxygens (including phenoxy) is 1. The van der Waals surface area contributed by atoms with Crippen molar-refractivity contribution in [3.05, 3.63) is 57.8 Å². The first-order valence-corrected chi connectivity index (χ1v) is 9.81. The monoisotopic (exact) mass is 365 g/mol. The van der Waals surface area contributed by atoms with Crippen LogP contribution < -0.4 is 10.1 Å². The van der Waals surface area contributed by atoms with E-state index in [4.69, 9.17) is 4.74 Å². The third kappa shape index (κ3) is 2.62. The minimum absolute atomic E-state index is 0.0548.